The highest BCUT2D eigenvalue weighted by atomic mass is 35.5. The molecule has 0 fully saturated rings. The van der Waals surface area contributed by atoms with E-state index in [1.165, 1.54) is 6.92 Å². The van der Waals surface area contributed by atoms with Crippen molar-refractivity contribution in [2.75, 3.05) is 0 Å². The number of halogens is 2. The summed E-state index contributed by atoms with van der Waals surface area (Å²) < 4.78 is 13.4. The number of aliphatic carboxylic acids is 1. The molecule has 0 amide bonds. The number of benzene rings is 1. The topological polar surface area (TPSA) is 37.3 Å². The van der Waals surface area contributed by atoms with E-state index in [1.54, 1.807) is 13.0 Å². The first-order valence-corrected chi connectivity index (χ1v) is 4.47. The number of rotatable bonds is 2. The summed E-state index contributed by atoms with van der Waals surface area (Å²) in [6.45, 7) is 3.18. The molecule has 0 saturated carbocycles. The van der Waals surface area contributed by atoms with Gasteiger partial charge in [-0.1, -0.05) is 17.7 Å². The number of carbonyl (C=O) groups is 1. The van der Waals surface area contributed by atoms with E-state index in [4.69, 9.17) is 16.7 Å². The van der Waals surface area contributed by atoms with E-state index in [0.29, 0.717) is 16.7 Å². The highest BCUT2D eigenvalue weighted by Crippen LogP contribution is 2.25. The second kappa shape index (κ2) is 3.96. The zero-order valence-corrected chi connectivity index (χ0v) is 8.65. The minimum atomic E-state index is -0.978. The molecule has 0 radical (unpaired) electrons. The van der Waals surface area contributed by atoms with Crippen LogP contribution in [0.15, 0.2) is 6.07 Å². The molecule has 0 atom stereocenters. The first kappa shape index (κ1) is 11.0. The van der Waals surface area contributed by atoms with Crippen LogP contribution >= 0.6 is 11.6 Å². The van der Waals surface area contributed by atoms with Crippen molar-refractivity contribution < 1.29 is 14.3 Å². The third-order valence-electron chi connectivity index (χ3n) is 2.08. The fraction of sp³-hybridized carbons (Fsp3) is 0.300. The molecule has 0 aromatic heterocycles. The average molecular weight is 217 g/mol. The van der Waals surface area contributed by atoms with Gasteiger partial charge in [-0.25, -0.2) is 4.39 Å². The number of hydrogen-bond acceptors (Lipinski definition) is 1. The maximum absolute atomic E-state index is 13.4. The van der Waals surface area contributed by atoms with Crippen molar-refractivity contribution in [3.8, 4) is 0 Å². The molecule has 4 heteroatoms. The van der Waals surface area contributed by atoms with Crippen molar-refractivity contribution >= 4 is 17.6 Å². The molecule has 0 aliphatic carbocycles. The molecule has 1 N–H and O–H groups in total. The standard InChI is InChI=1S/C10H10ClFO2/c1-5-3-7(4-8(13)14)6(2)10(12)9(5)11/h3H,4H2,1-2H3,(H,13,14). The van der Waals surface area contributed by atoms with Crippen molar-refractivity contribution in [1.82, 2.24) is 0 Å². The van der Waals surface area contributed by atoms with Crippen LogP contribution in [0.4, 0.5) is 4.39 Å². The van der Waals surface area contributed by atoms with Gasteiger partial charge in [0.25, 0.3) is 0 Å². The van der Waals surface area contributed by atoms with Gasteiger partial charge >= 0.3 is 5.97 Å². The van der Waals surface area contributed by atoms with E-state index >= 15 is 0 Å². The molecule has 1 aromatic carbocycles. The number of aryl methyl sites for hydroxylation is 1. The van der Waals surface area contributed by atoms with Gasteiger partial charge in [0.05, 0.1) is 11.4 Å². The average Bonchev–Trinajstić information content (AvgIpc) is 2.10. The van der Waals surface area contributed by atoms with Crippen molar-refractivity contribution in [1.29, 1.82) is 0 Å². The molecule has 14 heavy (non-hydrogen) atoms. The SMILES string of the molecule is Cc1cc(CC(=O)O)c(C)c(F)c1Cl. The van der Waals surface area contributed by atoms with Crippen molar-refractivity contribution in [3.63, 3.8) is 0 Å². The van der Waals surface area contributed by atoms with Crippen LogP contribution in [0.1, 0.15) is 16.7 Å². The molecule has 0 saturated heterocycles. The zero-order valence-electron chi connectivity index (χ0n) is 7.90. The summed E-state index contributed by atoms with van der Waals surface area (Å²) >= 11 is 5.67. The Kier molecular flexibility index (Phi) is 3.11. The largest absolute Gasteiger partial charge is 0.481 e. The van der Waals surface area contributed by atoms with E-state index in [2.05, 4.69) is 0 Å². The lowest BCUT2D eigenvalue weighted by molar-refractivity contribution is -0.136. The van der Waals surface area contributed by atoms with Gasteiger partial charge in [-0.2, -0.15) is 0 Å². The molecule has 1 aromatic rings. The molecular formula is C10H10ClFO2. The molecule has 0 heterocycles. The Morgan fingerprint density at radius 2 is 2.14 bits per heavy atom. The molecule has 0 spiro atoms. The maximum atomic E-state index is 13.4. The highest BCUT2D eigenvalue weighted by Gasteiger charge is 2.13. The maximum Gasteiger partial charge on any atom is 0.307 e. The fourth-order valence-electron chi connectivity index (χ4n) is 1.26. The van der Waals surface area contributed by atoms with Gasteiger partial charge in [-0.3, -0.25) is 4.79 Å². The lowest BCUT2D eigenvalue weighted by Crippen LogP contribution is -2.04. The third-order valence-corrected chi connectivity index (χ3v) is 2.55. The second-order valence-electron chi connectivity index (χ2n) is 3.18. The molecule has 2 nitrogen and oxygen atoms in total. The Balaban J connectivity index is 3.25. The molecule has 1 rings (SSSR count). The summed E-state index contributed by atoms with van der Waals surface area (Å²) in [6.07, 6.45) is -0.180. The molecule has 0 unspecified atom stereocenters. The second-order valence-corrected chi connectivity index (χ2v) is 3.55. The normalized spacial score (nSPS) is 10.3. The Labute approximate surface area is 86.3 Å². The smallest absolute Gasteiger partial charge is 0.307 e. The highest BCUT2D eigenvalue weighted by molar-refractivity contribution is 6.31. The minimum absolute atomic E-state index is 0.0663. The minimum Gasteiger partial charge on any atom is -0.481 e. The number of carboxylic acids is 1. The van der Waals surface area contributed by atoms with E-state index in [-0.39, 0.29) is 11.4 Å². The van der Waals surface area contributed by atoms with Gasteiger partial charge in [0.15, 0.2) is 0 Å². The summed E-state index contributed by atoms with van der Waals surface area (Å²) in [7, 11) is 0. The summed E-state index contributed by atoms with van der Waals surface area (Å²) in [5.74, 6) is -1.50. The van der Waals surface area contributed by atoms with Crippen LogP contribution in [0.5, 0.6) is 0 Å². The van der Waals surface area contributed by atoms with Gasteiger partial charge in [-0.15, -0.1) is 0 Å². The molecule has 76 valence electrons. The summed E-state index contributed by atoms with van der Waals surface area (Å²) in [4.78, 5) is 10.5. The summed E-state index contributed by atoms with van der Waals surface area (Å²) in [5.41, 5.74) is 1.34. The Bertz CT molecular complexity index is 388. The zero-order chi connectivity index (χ0) is 10.9. The number of carboxylic acid groups (broad SMARTS) is 1. The molecule has 0 bridgehead atoms. The Morgan fingerprint density at radius 3 is 2.64 bits per heavy atom. The van der Waals surface area contributed by atoms with Crippen LogP contribution in [0.2, 0.25) is 5.02 Å². The van der Waals surface area contributed by atoms with Gasteiger partial charge in [0.1, 0.15) is 5.82 Å². The van der Waals surface area contributed by atoms with Crippen LogP contribution < -0.4 is 0 Å². The van der Waals surface area contributed by atoms with E-state index in [0.717, 1.165) is 0 Å². The number of hydrogen-bond donors (Lipinski definition) is 1. The lowest BCUT2D eigenvalue weighted by Gasteiger charge is -2.08. The van der Waals surface area contributed by atoms with Gasteiger partial charge < -0.3 is 5.11 Å². The monoisotopic (exact) mass is 216 g/mol. The lowest BCUT2D eigenvalue weighted by atomic mass is 10.0. The van der Waals surface area contributed by atoms with Crippen molar-refractivity contribution in [3.05, 3.63) is 33.6 Å². The van der Waals surface area contributed by atoms with Crippen LogP contribution in [-0.2, 0) is 11.2 Å². The first-order chi connectivity index (χ1) is 6.43. The molecular weight excluding hydrogens is 207 g/mol. The third kappa shape index (κ3) is 2.04. The summed E-state index contributed by atoms with van der Waals surface area (Å²) in [5, 5.41) is 8.65. The summed E-state index contributed by atoms with van der Waals surface area (Å²) in [6, 6.07) is 1.61. The van der Waals surface area contributed by atoms with Gasteiger partial charge in [0, 0.05) is 0 Å². The van der Waals surface area contributed by atoms with Crippen LogP contribution in [-0.4, -0.2) is 11.1 Å². The quantitative estimate of drug-likeness (QED) is 0.826. The Hall–Kier alpha value is -1.09. The Morgan fingerprint density at radius 1 is 1.57 bits per heavy atom. The van der Waals surface area contributed by atoms with Crippen LogP contribution in [0.25, 0.3) is 0 Å². The predicted molar refractivity (Wildman–Crippen MR) is 52.2 cm³/mol. The first-order valence-electron chi connectivity index (χ1n) is 4.09. The van der Waals surface area contributed by atoms with Crippen molar-refractivity contribution in [2.45, 2.75) is 20.3 Å². The molecule has 0 aliphatic heterocycles. The predicted octanol–water partition coefficient (Wildman–Crippen LogP) is 2.72. The van der Waals surface area contributed by atoms with Crippen LogP contribution in [0.3, 0.4) is 0 Å². The molecule has 0 aliphatic rings. The fourth-order valence-corrected chi connectivity index (χ4v) is 1.45. The van der Waals surface area contributed by atoms with E-state index in [9.17, 15) is 9.18 Å². The van der Waals surface area contributed by atoms with E-state index in [1.807, 2.05) is 0 Å². The van der Waals surface area contributed by atoms with Gasteiger partial charge in [-0.05, 0) is 30.5 Å². The van der Waals surface area contributed by atoms with Crippen molar-refractivity contribution in [2.24, 2.45) is 0 Å². The van der Waals surface area contributed by atoms with Crippen LogP contribution in [0, 0.1) is 19.7 Å². The van der Waals surface area contributed by atoms with E-state index < -0.39 is 11.8 Å². The van der Waals surface area contributed by atoms with Gasteiger partial charge in [0.2, 0.25) is 0 Å².